The minimum atomic E-state index is 0.557. The van der Waals surface area contributed by atoms with Crippen molar-refractivity contribution in [3.8, 4) is 0 Å². The Balaban J connectivity index is 1.78. The quantitative estimate of drug-likeness (QED) is 0.738. The van der Waals surface area contributed by atoms with Gasteiger partial charge in [0, 0.05) is 11.4 Å². The SMILES string of the molecule is CCC1CCCC(Nc2cc3[nH]ncc3cc2N)C1. The topological polar surface area (TPSA) is 66.7 Å². The molecule has 0 aliphatic heterocycles. The highest BCUT2D eigenvalue weighted by Crippen LogP contribution is 2.31. The second kappa shape index (κ2) is 5.11. The Morgan fingerprint density at radius 3 is 3.16 bits per heavy atom. The Bertz CT molecular complexity index is 560. The average molecular weight is 258 g/mol. The van der Waals surface area contributed by atoms with Crippen LogP contribution in [-0.2, 0) is 0 Å². The molecule has 0 spiro atoms. The first-order chi connectivity index (χ1) is 9.26. The van der Waals surface area contributed by atoms with E-state index in [0.29, 0.717) is 6.04 Å². The number of nitrogens with one attached hydrogen (secondary N) is 2. The smallest absolute Gasteiger partial charge is 0.0672 e. The van der Waals surface area contributed by atoms with E-state index < -0.39 is 0 Å². The van der Waals surface area contributed by atoms with Crippen LogP contribution in [-0.4, -0.2) is 16.2 Å². The van der Waals surface area contributed by atoms with E-state index in [1.807, 2.05) is 12.3 Å². The summed E-state index contributed by atoms with van der Waals surface area (Å²) in [5.41, 5.74) is 9.02. The molecule has 0 saturated heterocycles. The molecule has 0 bridgehead atoms. The van der Waals surface area contributed by atoms with E-state index in [1.54, 1.807) is 0 Å². The number of anilines is 2. The van der Waals surface area contributed by atoms with E-state index in [4.69, 9.17) is 5.73 Å². The van der Waals surface area contributed by atoms with Crippen molar-refractivity contribution in [2.45, 2.75) is 45.1 Å². The first-order valence-corrected chi connectivity index (χ1v) is 7.25. The Morgan fingerprint density at radius 2 is 2.32 bits per heavy atom. The third kappa shape index (κ3) is 2.53. The minimum Gasteiger partial charge on any atom is -0.397 e. The van der Waals surface area contributed by atoms with E-state index in [2.05, 4.69) is 28.5 Å². The number of hydrogen-bond acceptors (Lipinski definition) is 3. The second-order valence-corrected chi connectivity index (χ2v) is 5.68. The highest BCUT2D eigenvalue weighted by atomic mass is 15.1. The van der Waals surface area contributed by atoms with Gasteiger partial charge in [0.1, 0.15) is 0 Å². The molecule has 1 aliphatic rings. The zero-order valence-electron chi connectivity index (χ0n) is 11.4. The van der Waals surface area contributed by atoms with Crippen molar-refractivity contribution >= 4 is 22.3 Å². The van der Waals surface area contributed by atoms with Crippen LogP contribution < -0.4 is 11.1 Å². The summed E-state index contributed by atoms with van der Waals surface area (Å²) in [5, 5.41) is 11.7. The van der Waals surface area contributed by atoms with Crippen LogP contribution in [0.2, 0.25) is 0 Å². The van der Waals surface area contributed by atoms with E-state index >= 15 is 0 Å². The highest BCUT2D eigenvalue weighted by molar-refractivity contribution is 5.88. The van der Waals surface area contributed by atoms with Gasteiger partial charge in [0.2, 0.25) is 0 Å². The molecule has 3 rings (SSSR count). The number of nitrogens with two attached hydrogens (primary N) is 1. The summed E-state index contributed by atoms with van der Waals surface area (Å²) >= 11 is 0. The number of aromatic amines is 1. The fourth-order valence-corrected chi connectivity index (χ4v) is 3.15. The highest BCUT2D eigenvalue weighted by Gasteiger charge is 2.21. The van der Waals surface area contributed by atoms with Crippen molar-refractivity contribution in [3.05, 3.63) is 18.3 Å². The van der Waals surface area contributed by atoms with Crippen molar-refractivity contribution in [1.29, 1.82) is 0 Å². The van der Waals surface area contributed by atoms with Gasteiger partial charge in [0.25, 0.3) is 0 Å². The molecule has 1 aromatic heterocycles. The molecule has 1 fully saturated rings. The molecule has 4 nitrogen and oxygen atoms in total. The Hall–Kier alpha value is -1.71. The van der Waals surface area contributed by atoms with Crippen LogP contribution in [0.5, 0.6) is 0 Å². The van der Waals surface area contributed by atoms with Gasteiger partial charge in [-0.25, -0.2) is 0 Å². The van der Waals surface area contributed by atoms with Gasteiger partial charge in [-0.1, -0.05) is 26.2 Å². The minimum absolute atomic E-state index is 0.557. The molecule has 0 amide bonds. The van der Waals surface area contributed by atoms with Crippen molar-refractivity contribution in [1.82, 2.24) is 10.2 Å². The normalized spacial score (nSPS) is 23.6. The van der Waals surface area contributed by atoms with Gasteiger partial charge in [0.05, 0.1) is 23.1 Å². The fourth-order valence-electron chi connectivity index (χ4n) is 3.15. The van der Waals surface area contributed by atoms with Crippen LogP contribution in [0, 0.1) is 5.92 Å². The lowest BCUT2D eigenvalue weighted by atomic mass is 9.84. The summed E-state index contributed by atoms with van der Waals surface area (Å²) in [6, 6.07) is 4.62. The summed E-state index contributed by atoms with van der Waals surface area (Å²) in [6.07, 6.45) is 8.30. The number of fused-ring (bicyclic) bond motifs is 1. The van der Waals surface area contributed by atoms with Crippen LogP contribution in [0.1, 0.15) is 39.0 Å². The van der Waals surface area contributed by atoms with E-state index in [-0.39, 0.29) is 0 Å². The summed E-state index contributed by atoms with van der Waals surface area (Å²) in [6.45, 7) is 2.29. The Labute approximate surface area is 113 Å². The molecule has 1 saturated carbocycles. The molecule has 4 heteroatoms. The molecule has 102 valence electrons. The molecule has 1 aliphatic carbocycles. The fraction of sp³-hybridized carbons (Fsp3) is 0.533. The number of hydrogen-bond donors (Lipinski definition) is 3. The van der Waals surface area contributed by atoms with Gasteiger partial charge in [0.15, 0.2) is 0 Å². The average Bonchev–Trinajstić information content (AvgIpc) is 2.86. The monoisotopic (exact) mass is 258 g/mol. The third-order valence-electron chi connectivity index (χ3n) is 4.33. The molecular formula is C15H22N4. The number of aromatic nitrogens is 2. The first-order valence-electron chi connectivity index (χ1n) is 7.25. The van der Waals surface area contributed by atoms with Crippen LogP contribution in [0.15, 0.2) is 18.3 Å². The van der Waals surface area contributed by atoms with Crippen molar-refractivity contribution in [3.63, 3.8) is 0 Å². The van der Waals surface area contributed by atoms with Crippen molar-refractivity contribution < 1.29 is 0 Å². The summed E-state index contributed by atoms with van der Waals surface area (Å²) in [7, 11) is 0. The predicted molar refractivity (Wildman–Crippen MR) is 80.2 cm³/mol. The first kappa shape index (κ1) is 12.3. The second-order valence-electron chi connectivity index (χ2n) is 5.68. The maximum absolute atomic E-state index is 6.13. The summed E-state index contributed by atoms with van der Waals surface area (Å²) < 4.78 is 0. The molecule has 19 heavy (non-hydrogen) atoms. The van der Waals surface area contributed by atoms with Gasteiger partial charge in [-0.3, -0.25) is 5.10 Å². The lowest BCUT2D eigenvalue weighted by Gasteiger charge is -2.30. The maximum atomic E-state index is 6.13. The molecule has 2 atom stereocenters. The zero-order chi connectivity index (χ0) is 13.2. The van der Waals surface area contributed by atoms with Gasteiger partial charge in [-0.15, -0.1) is 0 Å². The largest absolute Gasteiger partial charge is 0.397 e. The van der Waals surface area contributed by atoms with Crippen molar-refractivity contribution in [2.75, 3.05) is 11.1 Å². The van der Waals surface area contributed by atoms with E-state index in [9.17, 15) is 0 Å². The molecule has 1 aromatic carbocycles. The number of nitrogens with zero attached hydrogens (tertiary/aromatic N) is 1. The van der Waals surface area contributed by atoms with Gasteiger partial charge < -0.3 is 11.1 Å². The Kier molecular flexibility index (Phi) is 3.32. The molecule has 0 radical (unpaired) electrons. The number of rotatable bonds is 3. The zero-order valence-corrected chi connectivity index (χ0v) is 11.4. The number of benzene rings is 1. The van der Waals surface area contributed by atoms with Crippen LogP contribution in [0.3, 0.4) is 0 Å². The summed E-state index contributed by atoms with van der Waals surface area (Å²) in [5.74, 6) is 0.864. The number of H-pyrrole nitrogens is 1. The van der Waals surface area contributed by atoms with Crippen molar-refractivity contribution in [2.24, 2.45) is 5.92 Å². The number of nitrogen functional groups attached to an aromatic ring is 1. The molecular weight excluding hydrogens is 236 g/mol. The van der Waals surface area contributed by atoms with Crippen LogP contribution in [0.4, 0.5) is 11.4 Å². The van der Waals surface area contributed by atoms with Crippen LogP contribution >= 0.6 is 0 Å². The lowest BCUT2D eigenvalue weighted by molar-refractivity contribution is 0.327. The molecule has 4 N–H and O–H groups in total. The van der Waals surface area contributed by atoms with Crippen LogP contribution in [0.25, 0.3) is 10.9 Å². The van der Waals surface area contributed by atoms with E-state index in [1.165, 1.54) is 32.1 Å². The van der Waals surface area contributed by atoms with Gasteiger partial charge in [-0.2, -0.15) is 5.10 Å². The molecule has 1 heterocycles. The van der Waals surface area contributed by atoms with E-state index in [0.717, 1.165) is 28.2 Å². The Morgan fingerprint density at radius 1 is 1.42 bits per heavy atom. The third-order valence-corrected chi connectivity index (χ3v) is 4.33. The molecule has 2 aromatic rings. The molecule has 2 unspecified atom stereocenters. The lowest BCUT2D eigenvalue weighted by Crippen LogP contribution is -2.27. The van der Waals surface area contributed by atoms with Gasteiger partial charge >= 0.3 is 0 Å². The summed E-state index contributed by atoms with van der Waals surface area (Å²) in [4.78, 5) is 0. The predicted octanol–water partition coefficient (Wildman–Crippen LogP) is 3.53. The maximum Gasteiger partial charge on any atom is 0.0672 e. The van der Waals surface area contributed by atoms with Gasteiger partial charge in [-0.05, 0) is 30.9 Å². The standard InChI is InChI=1S/C15H22N4/c1-2-10-4-3-5-12(6-10)18-15-8-14-11(7-13(15)16)9-17-19-14/h7-10,12,18H,2-6,16H2,1H3,(H,17,19).